The molecule has 0 saturated heterocycles. The highest BCUT2D eigenvalue weighted by molar-refractivity contribution is 5.99. The second-order valence-corrected chi connectivity index (χ2v) is 4.06. The SMILES string of the molecule is Cc1cccc(CNC(=O)c2c(N)n[nH]c2C)n1. The highest BCUT2D eigenvalue weighted by Crippen LogP contribution is 2.11. The first-order valence-electron chi connectivity index (χ1n) is 5.59. The molecule has 0 aliphatic carbocycles. The quantitative estimate of drug-likeness (QED) is 0.749. The Labute approximate surface area is 105 Å². The van der Waals surface area contributed by atoms with Crippen molar-refractivity contribution >= 4 is 11.7 Å². The van der Waals surface area contributed by atoms with E-state index < -0.39 is 0 Å². The van der Waals surface area contributed by atoms with Gasteiger partial charge in [0.15, 0.2) is 5.82 Å². The number of aromatic nitrogens is 3. The number of amides is 1. The molecule has 0 saturated carbocycles. The second kappa shape index (κ2) is 4.87. The maximum absolute atomic E-state index is 11.9. The third-order valence-corrected chi connectivity index (χ3v) is 2.58. The fourth-order valence-electron chi connectivity index (χ4n) is 1.69. The summed E-state index contributed by atoms with van der Waals surface area (Å²) in [5.74, 6) is -0.0377. The molecule has 0 fully saturated rings. The minimum atomic E-state index is -0.248. The van der Waals surface area contributed by atoms with E-state index in [9.17, 15) is 4.79 Å². The van der Waals surface area contributed by atoms with Crippen molar-refractivity contribution in [1.82, 2.24) is 20.5 Å². The molecule has 0 aromatic carbocycles. The van der Waals surface area contributed by atoms with Crippen molar-refractivity contribution < 1.29 is 4.79 Å². The molecule has 0 unspecified atom stereocenters. The number of nitrogens with two attached hydrogens (primary N) is 1. The van der Waals surface area contributed by atoms with Crippen molar-refractivity contribution in [2.75, 3.05) is 5.73 Å². The molecule has 1 amide bonds. The van der Waals surface area contributed by atoms with Gasteiger partial charge in [0.05, 0.1) is 12.2 Å². The van der Waals surface area contributed by atoms with Crippen LogP contribution >= 0.6 is 0 Å². The molecule has 18 heavy (non-hydrogen) atoms. The van der Waals surface area contributed by atoms with Gasteiger partial charge in [0.25, 0.3) is 5.91 Å². The molecule has 2 rings (SSSR count). The normalized spacial score (nSPS) is 10.3. The fraction of sp³-hybridized carbons (Fsp3) is 0.250. The van der Waals surface area contributed by atoms with Gasteiger partial charge in [-0.2, -0.15) is 5.10 Å². The average Bonchev–Trinajstić information content (AvgIpc) is 2.66. The van der Waals surface area contributed by atoms with Crippen LogP contribution in [0.3, 0.4) is 0 Å². The van der Waals surface area contributed by atoms with Gasteiger partial charge in [-0.25, -0.2) is 0 Å². The van der Waals surface area contributed by atoms with Gasteiger partial charge in [0, 0.05) is 11.4 Å². The number of hydrogen-bond acceptors (Lipinski definition) is 4. The van der Waals surface area contributed by atoms with Crippen LogP contribution in [0, 0.1) is 13.8 Å². The Bertz CT molecular complexity index is 556. The van der Waals surface area contributed by atoms with Crippen molar-refractivity contribution in [3.8, 4) is 0 Å². The zero-order valence-corrected chi connectivity index (χ0v) is 10.3. The molecule has 0 spiro atoms. The summed E-state index contributed by atoms with van der Waals surface area (Å²) in [6.07, 6.45) is 0. The van der Waals surface area contributed by atoms with Crippen LogP contribution in [-0.4, -0.2) is 21.1 Å². The van der Waals surface area contributed by atoms with E-state index in [0.29, 0.717) is 17.8 Å². The Hall–Kier alpha value is -2.37. The first-order valence-corrected chi connectivity index (χ1v) is 5.59. The van der Waals surface area contributed by atoms with Crippen LogP contribution in [0.4, 0.5) is 5.82 Å². The van der Waals surface area contributed by atoms with E-state index in [4.69, 9.17) is 5.73 Å². The summed E-state index contributed by atoms with van der Waals surface area (Å²) in [5.41, 5.74) is 8.39. The number of anilines is 1. The van der Waals surface area contributed by atoms with Gasteiger partial charge in [-0.05, 0) is 26.0 Å². The van der Waals surface area contributed by atoms with E-state index in [0.717, 1.165) is 11.4 Å². The van der Waals surface area contributed by atoms with Crippen LogP contribution in [0.2, 0.25) is 0 Å². The highest BCUT2D eigenvalue weighted by Gasteiger charge is 2.15. The van der Waals surface area contributed by atoms with Crippen molar-refractivity contribution in [2.45, 2.75) is 20.4 Å². The standard InChI is InChI=1S/C12H15N5O/c1-7-4-3-5-9(15-7)6-14-12(18)10-8(2)16-17-11(10)13/h3-5H,6H2,1-2H3,(H,14,18)(H3,13,16,17). The van der Waals surface area contributed by atoms with Crippen LogP contribution in [0.1, 0.15) is 27.4 Å². The molecule has 6 heteroatoms. The van der Waals surface area contributed by atoms with E-state index in [1.54, 1.807) is 6.92 Å². The number of aromatic amines is 1. The number of nitrogens with one attached hydrogen (secondary N) is 2. The Morgan fingerprint density at radius 2 is 2.22 bits per heavy atom. The Kier molecular flexibility index (Phi) is 3.27. The molecule has 0 radical (unpaired) electrons. The summed E-state index contributed by atoms with van der Waals surface area (Å²) < 4.78 is 0. The van der Waals surface area contributed by atoms with Crippen LogP contribution in [0.15, 0.2) is 18.2 Å². The lowest BCUT2D eigenvalue weighted by atomic mass is 10.2. The number of hydrogen-bond donors (Lipinski definition) is 3. The van der Waals surface area contributed by atoms with E-state index in [-0.39, 0.29) is 11.7 Å². The van der Waals surface area contributed by atoms with Crippen molar-refractivity contribution in [2.24, 2.45) is 0 Å². The zero-order valence-electron chi connectivity index (χ0n) is 10.3. The van der Waals surface area contributed by atoms with Gasteiger partial charge in [-0.15, -0.1) is 0 Å². The smallest absolute Gasteiger partial charge is 0.257 e. The molecule has 0 aliphatic heterocycles. The minimum absolute atomic E-state index is 0.210. The molecule has 4 N–H and O–H groups in total. The lowest BCUT2D eigenvalue weighted by Gasteiger charge is -2.05. The summed E-state index contributed by atoms with van der Waals surface area (Å²) in [4.78, 5) is 16.2. The van der Waals surface area contributed by atoms with Gasteiger partial charge in [0.2, 0.25) is 0 Å². The molecule has 2 aromatic rings. The predicted molar refractivity (Wildman–Crippen MR) is 67.9 cm³/mol. The molecule has 2 aromatic heterocycles. The van der Waals surface area contributed by atoms with Gasteiger partial charge in [-0.3, -0.25) is 14.9 Å². The number of aryl methyl sites for hydroxylation is 2. The molecule has 94 valence electrons. The third-order valence-electron chi connectivity index (χ3n) is 2.58. The first kappa shape index (κ1) is 12.1. The van der Waals surface area contributed by atoms with Gasteiger partial charge >= 0.3 is 0 Å². The zero-order chi connectivity index (χ0) is 13.1. The third kappa shape index (κ3) is 2.48. The van der Waals surface area contributed by atoms with E-state index in [1.165, 1.54) is 0 Å². The van der Waals surface area contributed by atoms with Crippen LogP contribution in [-0.2, 0) is 6.54 Å². The number of H-pyrrole nitrogens is 1. The Morgan fingerprint density at radius 1 is 1.44 bits per heavy atom. The summed E-state index contributed by atoms with van der Waals surface area (Å²) in [7, 11) is 0. The van der Waals surface area contributed by atoms with E-state index >= 15 is 0 Å². The summed E-state index contributed by atoms with van der Waals surface area (Å²) in [6.45, 7) is 4.03. The van der Waals surface area contributed by atoms with E-state index in [1.807, 2.05) is 25.1 Å². The summed E-state index contributed by atoms with van der Waals surface area (Å²) in [6, 6.07) is 5.67. The van der Waals surface area contributed by atoms with Crippen LogP contribution in [0.5, 0.6) is 0 Å². The summed E-state index contributed by atoms with van der Waals surface area (Å²) >= 11 is 0. The average molecular weight is 245 g/mol. The number of rotatable bonds is 3. The molecule has 0 atom stereocenters. The number of carbonyl (C=O) groups excluding carboxylic acids is 1. The van der Waals surface area contributed by atoms with Crippen LogP contribution < -0.4 is 11.1 Å². The van der Waals surface area contributed by atoms with Crippen molar-refractivity contribution in [3.05, 3.63) is 40.8 Å². The van der Waals surface area contributed by atoms with Gasteiger partial charge in [-0.1, -0.05) is 6.07 Å². The monoisotopic (exact) mass is 245 g/mol. The predicted octanol–water partition coefficient (Wildman–Crippen LogP) is 0.934. The van der Waals surface area contributed by atoms with Crippen molar-refractivity contribution in [3.63, 3.8) is 0 Å². The summed E-state index contributed by atoms with van der Waals surface area (Å²) in [5, 5.41) is 9.23. The topological polar surface area (TPSA) is 96.7 Å². The minimum Gasteiger partial charge on any atom is -0.382 e. The Morgan fingerprint density at radius 3 is 2.83 bits per heavy atom. The fourth-order valence-corrected chi connectivity index (χ4v) is 1.69. The first-order chi connectivity index (χ1) is 8.58. The molecular weight excluding hydrogens is 230 g/mol. The second-order valence-electron chi connectivity index (χ2n) is 4.06. The van der Waals surface area contributed by atoms with E-state index in [2.05, 4.69) is 20.5 Å². The molecule has 0 bridgehead atoms. The number of nitrogens with zero attached hydrogens (tertiary/aromatic N) is 2. The van der Waals surface area contributed by atoms with Gasteiger partial charge < -0.3 is 11.1 Å². The molecule has 2 heterocycles. The van der Waals surface area contributed by atoms with Crippen molar-refractivity contribution in [1.29, 1.82) is 0 Å². The number of carbonyl (C=O) groups is 1. The maximum Gasteiger partial charge on any atom is 0.257 e. The lowest BCUT2D eigenvalue weighted by Crippen LogP contribution is -2.24. The Balaban J connectivity index is 2.05. The number of nitrogen functional groups attached to an aromatic ring is 1. The highest BCUT2D eigenvalue weighted by atomic mass is 16.1. The largest absolute Gasteiger partial charge is 0.382 e. The number of pyridine rings is 1. The lowest BCUT2D eigenvalue weighted by molar-refractivity contribution is 0.0950. The molecular formula is C12H15N5O. The van der Waals surface area contributed by atoms with Gasteiger partial charge in [0.1, 0.15) is 5.56 Å². The van der Waals surface area contributed by atoms with Crippen LogP contribution in [0.25, 0.3) is 0 Å². The maximum atomic E-state index is 11.9. The molecule has 6 nitrogen and oxygen atoms in total. The molecule has 0 aliphatic rings.